The van der Waals surface area contributed by atoms with E-state index in [-0.39, 0.29) is 5.91 Å². The van der Waals surface area contributed by atoms with E-state index in [1.54, 1.807) is 6.20 Å². The molecule has 1 aliphatic carbocycles. The molecule has 2 fully saturated rings. The van der Waals surface area contributed by atoms with E-state index in [1.165, 1.54) is 31.2 Å². The Morgan fingerprint density at radius 2 is 1.86 bits per heavy atom. The maximum Gasteiger partial charge on any atom is 0.255 e. The van der Waals surface area contributed by atoms with Crippen molar-refractivity contribution in [3.63, 3.8) is 0 Å². The minimum absolute atomic E-state index is 0.141. The first-order chi connectivity index (χ1) is 13.8. The zero-order valence-corrected chi connectivity index (χ0v) is 16.1. The van der Waals surface area contributed by atoms with E-state index in [2.05, 4.69) is 27.1 Å². The average Bonchev–Trinajstić information content (AvgIpc) is 3.15. The van der Waals surface area contributed by atoms with Gasteiger partial charge in [-0.1, -0.05) is 43.2 Å². The van der Waals surface area contributed by atoms with Gasteiger partial charge in [-0.05, 0) is 43.2 Å². The monoisotopic (exact) mass is 374 g/mol. The lowest BCUT2D eigenvalue weighted by Gasteiger charge is -2.44. The van der Waals surface area contributed by atoms with Crippen molar-refractivity contribution >= 4 is 16.9 Å². The van der Waals surface area contributed by atoms with Crippen molar-refractivity contribution in [2.45, 2.75) is 51.1 Å². The number of amides is 1. The fraction of sp³-hybridized carbons (Fsp3) is 0.435. The molecule has 3 aromatic rings. The van der Waals surface area contributed by atoms with Crippen molar-refractivity contribution < 1.29 is 4.79 Å². The summed E-state index contributed by atoms with van der Waals surface area (Å²) in [5, 5.41) is 5.43. The number of benzene rings is 1. The van der Waals surface area contributed by atoms with E-state index in [4.69, 9.17) is 0 Å². The molecule has 1 aliphatic heterocycles. The molecule has 0 spiro atoms. The summed E-state index contributed by atoms with van der Waals surface area (Å²) in [5.41, 5.74) is 2.71. The van der Waals surface area contributed by atoms with Crippen LogP contribution in [0.1, 0.15) is 54.4 Å². The molecule has 0 radical (unpaired) electrons. The van der Waals surface area contributed by atoms with Gasteiger partial charge in [0, 0.05) is 24.2 Å². The predicted octanol–water partition coefficient (Wildman–Crippen LogP) is 4.27. The number of aromatic nitrogens is 3. The molecule has 5 heteroatoms. The van der Waals surface area contributed by atoms with Crippen LogP contribution in [0.2, 0.25) is 0 Å². The van der Waals surface area contributed by atoms with Crippen LogP contribution >= 0.6 is 0 Å². The fourth-order valence-corrected chi connectivity index (χ4v) is 5.00. The van der Waals surface area contributed by atoms with Crippen LogP contribution in [0.5, 0.6) is 0 Å². The smallest absolute Gasteiger partial charge is 0.255 e. The third kappa shape index (κ3) is 3.19. The fourth-order valence-electron chi connectivity index (χ4n) is 5.00. The highest BCUT2D eigenvalue weighted by Crippen LogP contribution is 2.36. The summed E-state index contributed by atoms with van der Waals surface area (Å²) in [6, 6.07) is 12.6. The van der Waals surface area contributed by atoms with Gasteiger partial charge >= 0.3 is 0 Å². The Morgan fingerprint density at radius 3 is 2.75 bits per heavy atom. The number of hydrogen-bond acceptors (Lipinski definition) is 3. The normalized spacial score (nSPS) is 22.2. The van der Waals surface area contributed by atoms with Gasteiger partial charge in [0.05, 0.1) is 18.3 Å². The number of likely N-dealkylation sites (tertiary alicyclic amines) is 1. The molecule has 1 saturated carbocycles. The second-order valence-electron chi connectivity index (χ2n) is 8.18. The Bertz CT molecular complexity index is 979. The first-order valence-corrected chi connectivity index (χ1v) is 10.5. The molecule has 5 rings (SSSR count). The van der Waals surface area contributed by atoms with Gasteiger partial charge in [-0.15, -0.1) is 0 Å². The lowest BCUT2D eigenvalue weighted by Crippen LogP contribution is -2.49. The highest BCUT2D eigenvalue weighted by molar-refractivity contribution is 5.97. The van der Waals surface area contributed by atoms with Gasteiger partial charge in [-0.2, -0.15) is 5.10 Å². The summed E-state index contributed by atoms with van der Waals surface area (Å²) in [6.07, 6.45) is 10.9. The maximum absolute atomic E-state index is 13.3. The van der Waals surface area contributed by atoms with Gasteiger partial charge in [0.2, 0.25) is 0 Å². The number of carbonyl (C=O) groups is 1. The van der Waals surface area contributed by atoms with E-state index in [9.17, 15) is 4.79 Å². The van der Waals surface area contributed by atoms with Crippen LogP contribution in [0.15, 0.2) is 48.8 Å². The molecule has 1 saturated heterocycles. The number of hydrogen-bond donors (Lipinski definition) is 0. The first-order valence-electron chi connectivity index (χ1n) is 10.5. The van der Waals surface area contributed by atoms with Crippen LogP contribution < -0.4 is 0 Å². The Morgan fingerprint density at radius 1 is 1.04 bits per heavy atom. The summed E-state index contributed by atoms with van der Waals surface area (Å²) in [6.45, 7) is 1.56. The lowest BCUT2D eigenvalue weighted by atomic mass is 9.78. The zero-order valence-electron chi connectivity index (χ0n) is 16.1. The molecule has 0 N–H and O–H groups in total. The first kappa shape index (κ1) is 17.4. The number of pyridine rings is 1. The second-order valence-corrected chi connectivity index (χ2v) is 8.18. The molecular weight excluding hydrogens is 348 g/mol. The van der Waals surface area contributed by atoms with Crippen LogP contribution in [0.25, 0.3) is 11.0 Å². The Hall–Kier alpha value is -2.69. The molecule has 1 aromatic carbocycles. The van der Waals surface area contributed by atoms with Crippen LogP contribution in [0.4, 0.5) is 0 Å². The maximum atomic E-state index is 13.3. The van der Waals surface area contributed by atoms with Gasteiger partial charge in [-0.25, -0.2) is 9.67 Å². The molecule has 28 heavy (non-hydrogen) atoms. The molecule has 0 unspecified atom stereocenters. The number of nitrogens with zero attached hydrogens (tertiary/aromatic N) is 4. The van der Waals surface area contributed by atoms with Gasteiger partial charge in [-0.3, -0.25) is 4.79 Å². The zero-order chi connectivity index (χ0) is 18.9. The predicted molar refractivity (Wildman–Crippen MR) is 109 cm³/mol. The van der Waals surface area contributed by atoms with Gasteiger partial charge < -0.3 is 4.90 Å². The van der Waals surface area contributed by atoms with E-state index in [0.29, 0.717) is 24.1 Å². The topological polar surface area (TPSA) is 51.0 Å². The summed E-state index contributed by atoms with van der Waals surface area (Å²) < 4.78 is 1.90. The molecule has 2 aliphatic rings. The summed E-state index contributed by atoms with van der Waals surface area (Å²) >= 11 is 0. The quantitative estimate of drug-likeness (QED) is 0.688. The molecule has 3 heterocycles. The van der Waals surface area contributed by atoms with Crippen LogP contribution in [0, 0.1) is 5.92 Å². The second kappa shape index (κ2) is 7.38. The molecule has 1 amide bonds. The van der Waals surface area contributed by atoms with Crippen molar-refractivity contribution in [3.8, 4) is 0 Å². The SMILES string of the molecule is O=C(c1cnc2c(cnn2Cc2ccccc2)c1)N1CCC[C@@H]2CCCC[C@@H]21. The van der Waals surface area contributed by atoms with Crippen LogP contribution in [-0.4, -0.2) is 38.2 Å². The summed E-state index contributed by atoms with van der Waals surface area (Å²) in [5.74, 6) is 0.832. The van der Waals surface area contributed by atoms with Crippen molar-refractivity contribution in [2.24, 2.45) is 5.92 Å². The third-order valence-electron chi connectivity index (χ3n) is 6.40. The Labute approximate surface area is 165 Å². The Kier molecular flexibility index (Phi) is 4.59. The van der Waals surface area contributed by atoms with E-state index < -0.39 is 0 Å². The lowest BCUT2D eigenvalue weighted by molar-refractivity contribution is 0.0390. The summed E-state index contributed by atoms with van der Waals surface area (Å²) in [7, 11) is 0. The summed E-state index contributed by atoms with van der Waals surface area (Å²) in [4.78, 5) is 20.0. The highest BCUT2D eigenvalue weighted by atomic mass is 16.2. The van der Waals surface area contributed by atoms with Crippen molar-refractivity contribution in [3.05, 3.63) is 59.9 Å². The number of piperidine rings is 1. The van der Waals surface area contributed by atoms with Crippen LogP contribution in [-0.2, 0) is 6.54 Å². The molecule has 2 aromatic heterocycles. The van der Waals surface area contributed by atoms with E-state index in [0.717, 1.165) is 30.4 Å². The Balaban J connectivity index is 1.40. The minimum atomic E-state index is 0.141. The van der Waals surface area contributed by atoms with Crippen molar-refractivity contribution in [1.82, 2.24) is 19.7 Å². The van der Waals surface area contributed by atoms with Gasteiger partial charge in [0.25, 0.3) is 5.91 Å². The number of carbonyl (C=O) groups excluding carboxylic acids is 1. The molecule has 0 bridgehead atoms. The van der Waals surface area contributed by atoms with Crippen molar-refractivity contribution in [2.75, 3.05) is 6.54 Å². The third-order valence-corrected chi connectivity index (χ3v) is 6.40. The van der Waals surface area contributed by atoms with Crippen molar-refractivity contribution in [1.29, 1.82) is 0 Å². The number of fused-ring (bicyclic) bond motifs is 2. The number of rotatable bonds is 3. The van der Waals surface area contributed by atoms with E-state index in [1.807, 2.05) is 35.1 Å². The highest BCUT2D eigenvalue weighted by Gasteiger charge is 2.36. The molecule has 5 nitrogen and oxygen atoms in total. The minimum Gasteiger partial charge on any atom is -0.335 e. The molecular formula is C23H26N4O. The van der Waals surface area contributed by atoms with Gasteiger partial charge in [0.15, 0.2) is 5.65 Å². The average molecular weight is 374 g/mol. The molecule has 144 valence electrons. The standard InChI is InChI=1S/C23H26N4O/c28-23(26-12-6-10-18-9-4-5-11-21(18)26)20-13-19-15-25-27(22(19)24-14-20)16-17-7-2-1-3-8-17/h1-3,7-8,13-15,18,21H,4-6,9-12,16H2/t18-,21-/m0/s1. The molecule has 2 atom stereocenters. The van der Waals surface area contributed by atoms with Gasteiger partial charge in [0.1, 0.15) is 0 Å². The largest absolute Gasteiger partial charge is 0.335 e. The van der Waals surface area contributed by atoms with Crippen LogP contribution in [0.3, 0.4) is 0 Å². The van der Waals surface area contributed by atoms with E-state index >= 15 is 0 Å².